The maximum absolute atomic E-state index is 13.6. The summed E-state index contributed by atoms with van der Waals surface area (Å²) >= 11 is 12.9. The van der Waals surface area contributed by atoms with Gasteiger partial charge >= 0.3 is 12.1 Å². The summed E-state index contributed by atoms with van der Waals surface area (Å²) in [5, 5.41) is 9.36. The number of carboxylic acid groups (broad SMARTS) is 1. The molecule has 0 aliphatic carbocycles. The molecule has 0 saturated carbocycles. The lowest BCUT2D eigenvalue weighted by atomic mass is 9.90. The van der Waals surface area contributed by atoms with Gasteiger partial charge in [-0.3, -0.25) is 9.69 Å². The zero-order chi connectivity index (χ0) is 30.1. The molecular weight excluding hydrogens is 586 g/mol. The topological polar surface area (TPSA) is 49.8 Å². The fraction of sp³-hybridized carbons (Fsp3) is 0.242. The predicted octanol–water partition coefficient (Wildman–Crippen LogP) is 8.74. The molecule has 1 N–H and O–H groups in total. The molecule has 4 aromatic rings. The normalized spacial score (nSPS) is 12.3. The fourth-order valence-electron chi connectivity index (χ4n) is 4.88. The minimum absolute atomic E-state index is 0.106. The van der Waals surface area contributed by atoms with Gasteiger partial charge in [-0.15, -0.1) is 0 Å². The minimum Gasteiger partial charge on any atom is -0.494 e. The Labute approximate surface area is 253 Å². The number of halogens is 5. The molecule has 0 aliphatic rings. The average molecular weight is 617 g/mol. The number of carbonyl (C=O) groups is 1. The largest absolute Gasteiger partial charge is 0.494 e. The van der Waals surface area contributed by atoms with Gasteiger partial charge in [0, 0.05) is 30.6 Å². The molecule has 4 rings (SSSR count). The van der Waals surface area contributed by atoms with Crippen molar-refractivity contribution in [3.8, 4) is 5.75 Å². The Morgan fingerprint density at radius 3 is 2.33 bits per heavy atom. The molecule has 0 amide bonds. The number of carboxylic acids is 1. The lowest BCUT2D eigenvalue weighted by Gasteiger charge is -2.29. The summed E-state index contributed by atoms with van der Waals surface area (Å²) in [6.07, 6.45) is -4.11. The molecule has 0 heterocycles. The minimum atomic E-state index is -4.56. The van der Waals surface area contributed by atoms with Gasteiger partial charge in [0.1, 0.15) is 5.75 Å². The first-order chi connectivity index (χ1) is 20.1. The van der Waals surface area contributed by atoms with Crippen molar-refractivity contribution in [1.29, 1.82) is 0 Å². The van der Waals surface area contributed by atoms with Crippen LogP contribution in [-0.2, 0) is 23.9 Å². The molecule has 1 unspecified atom stereocenters. The van der Waals surface area contributed by atoms with E-state index in [0.29, 0.717) is 48.0 Å². The molecule has 0 aliphatic heterocycles. The van der Waals surface area contributed by atoms with E-state index in [2.05, 4.69) is 4.90 Å². The second-order valence-corrected chi connectivity index (χ2v) is 10.7. The third-order valence-electron chi connectivity index (χ3n) is 6.84. The number of ether oxygens (including phenoxy) is 1. The van der Waals surface area contributed by atoms with Crippen LogP contribution in [0.2, 0.25) is 10.0 Å². The molecular formula is C33H30Cl2F3NO3. The van der Waals surface area contributed by atoms with Crippen molar-refractivity contribution in [2.24, 2.45) is 0 Å². The third kappa shape index (κ3) is 8.74. The molecule has 4 aromatic carbocycles. The molecule has 0 fully saturated rings. The van der Waals surface area contributed by atoms with Crippen LogP contribution >= 0.6 is 23.2 Å². The zero-order valence-corrected chi connectivity index (χ0v) is 24.2. The van der Waals surface area contributed by atoms with Crippen molar-refractivity contribution in [2.45, 2.75) is 31.5 Å². The first-order valence-corrected chi connectivity index (χ1v) is 14.2. The Balaban J connectivity index is 1.57. The van der Waals surface area contributed by atoms with Crippen molar-refractivity contribution in [3.63, 3.8) is 0 Å². The van der Waals surface area contributed by atoms with Crippen LogP contribution in [0, 0.1) is 0 Å². The summed E-state index contributed by atoms with van der Waals surface area (Å²) in [6, 6.07) is 28.3. The van der Waals surface area contributed by atoms with Gasteiger partial charge in [-0.25, -0.2) is 0 Å². The van der Waals surface area contributed by atoms with Crippen molar-refractivity contribution in [2.75, 3.05) is 19.7 Å². The van der Waals surface area contributed by atoms with Gasteiger partial charge in [-0.2, -0.15) is 13.2 Å². The van der Waals surface area contributed by atoms with Crippen molar-refractivity contribution in [3.05, 3.63) is 135 Å². The monoisotopic (exact) mass is 615 g/mol. The van der Waals surface area contributed by atoms with Crippen LogP contribution in [0.15, 0.2) is 97.1 Å². The number of aliphatic carboxylic acids is 1. The van der Waals surface area contributed by atoms with Crippen LogP contribution in [0.4, 0.5) is 13.2 Å². The van der Waals surface area contributed by atoms with Gasteiger partial charge in [0.05, 0.1) is 23.6 Å². The van der Waals surface area contributed by atoms with Crippen LogP contribution < -0.4 is 4.74 Å². The van der Waals surface area contributed by atoms with Gasteiger partial charge < -0.3 is 9.84 Å². The molecule has 0 saturated heterocycles. The van der Waals surface area contributed by atoms with Crippen molar-refractivity contribution < 1.29 is 27.8 Å². The Hall–Kier alpha value is -3.52. The highest BCUT2D eigenvalue weighted by Gasteiger charge is 2.34. The smallest absolute Gasteiger partial charge is 0.417 e. The van der Waals surface area contributed by atoms with Gasteiger partial charge in [0.25, 0.3) is 0 Å². The molecule has 42 heavy (non-hydrogen) atoms. The summed E-state index contributed by atoms with van der Waals surface area (Å²) in [6.45, 7) is 1.47. The average Bonchev–Trinajstić information content (AvgIpc) is 2.95. The number of nitrogens with zero attached hydrogens (tertiary/aromatic N) is 1. The van der Waals surface area contributed by atoms with Crippen molar-refractivity contribution >= 4 is 29.2 Å². The molecule has 220 valence electrons. The van der Waals surface area contributed by atoms with Crippen LogP contribution in [0.5, 0.6) is 5.75 Å². The van der Waals surface area contributed by atoms with E-state index in [1.807, 2.05) is 54.6 Å². The molecule has 9 heteroatoms. The maximum Gasteiger partial charge on any atom is 0.417 e. The van der Waals surface area contributed by atoms with E-state index in [-0.39, 0.29) is 23.9 Å². The molecule has 4 nitrogen and oxygen atoms in total. The Kier molecular flexibility index (Phi) is 10.9. The Morgan fingerprint density at radius 1 is 0.905 bits per heavy atom. The summed E-state index contributed by atoms with van der Waals surface area (Å²) in [7, 11) is 0. The number of hydrogen-bond donors (Lipinski definition) is 1. The molecule has 0 spiro atoms. The molecule has 0 radical (unpaired) electrons. The van der Waals surface area contributed by atoms with Crippen LogP contribution in [0.3, 0.4) is 0 Å². The van der Waals surface area contributed by atoms with Gasteiger partial charge in [0.2, 0.25) is 0 Å². The Bertz CT molecular complexity index is 1480. The summed E-state index contributed by atoms with van der Waals surface area (Å²) in [5.41, 5.74) is 2.08. The van der Waals surface area contributed by atoms with Gasteiger partial charge in [-0.05, 0) is 52.9 Å². The Morgan fingerprint density at radius 2 is 1.62 bits per heavy atom. The lowest BCUT2D eigenvalue weighted by molar-refractivity contribution is -0.138. The third-order valence-corrected chi connectivity index (χ3v) is 7.63. The fourth-order valence-corrected chi connectivity index (χ4v) is 5.44. The van der Waals surface area contributed by atoms with Crippen molar-refractivity contribution in [1.82, 2.24) is 4.90 Å². The lowest BCUT2D eigenvalue weighted by Crippen LogP contribution is -2.31. The summed E-state index contributed by atoms with van der Waals surface area (Å²) in [4.78, 5) is 13.1. The van der Waals surface area contributed by atoms with E-state index < -0.39 is 17.7 Å². The van der Waals surface area contributed by atoms with E-state index in [1.54, 1.807) is 30.3 Å². The number of alkyl halides is 3. The summed E-state index contributed by atoms with van der Waals surface area (Å²) < 4.78 is 46.7. The number of rotatable bonds is 13. The zero-order valence-electron chi connectivity index (χ0n) is 22.7. The molecule has 1 atom stereocenters. The molecule has 0 aromatic heterocycles. The second-order valence-electron chi connectivity index (χ2n) is 9.92. The van der Waals surface area contributed by atoms with Gasteiger partial charge in [-0.1, -0.05) is 96.0 Å². The van der Waals surface area contributed by atoms with Crippen LogP contribution in [-0.4, -0.2) is 35.7 Å². The quantitative estimate of drug-likeness (QED) is 0.153. The second kappa shape index (κ2) is 14.6. The first kappa shape index (κ1) is 31.4. The van der Waals surface area contributed by atoms with Crippen LogP contribution in [0.1, 0.15) is 40.2 Å². The highest BCUT2D eigenvalue weighted by Crippen LogP contribution is 2.37. The van der Waals surface area contributed by atoms with Gasteiger partial charge in [0.15, 0.2) is 0 Å². The molecule has 0 bridgehead atoms. The maximum atomic E-state index is 13.6. The highest BCUT2D eigenvalue weighted by atomic mass is 35.5. The van der Waals surface area contributed by atoms with E-state index in [0.717, 1.165) is 17.2 Å². The van der Waals surface area contributed by atoms with Crippen LogP contribution in [0.25, 0.3) is 0 Å². The summed E-state index contributed by atoms with van der Waals surface area (Å²) in [5.74, 6) is -0.528. The van der Waals surface area contributed by atoms with E-state index in [1.165, 1.54) is 6.07 Å². The number of hydrogen-bond acceptors (Lipinski definition) is 3. The SMILES string of the molecule is O=C(O)Cc1cccc(OCCCN(Cc2cccc(C(F)(F)F)c2Cl)CC(c2ccccc2)c2ccccc2Cl)c1. The number of benzene rings is 4. The standard InChI is InChI=1S/C33H30Cl2F3NO3/c34-30-16-5-4-14-27(30)28(24-10-2-1-3-11-24)22-39(21-25-12-7-15-29(32(25)35)33(36,37)38)17-8-18-42-26-13-6-9-23(19-26)20-31(40)41/h1-7,9-16,19,28H,8,17-18,20-22H2,(H,40,41). The first-order valence-electron chi connectivity index (χ1n) is 13.4. The van der Waals surface area contributed by atoms with E-state index >= 15 is 0 Å². The highest BCUT2D eigenvalue weighted by molar-refractivity contribution is 6.32. The predicted molar refractivity (Wildman–Crippen MR) is 159 cm³/mol. The van der Waals surface area contributed by atoms with E-state index in [9.17, 15) is 18.0 Å². The van der Waals surface area contributed by atoms with E-state index in [4.69, 9.17) is 33.0 Å².